The number of hydrogen-bond acceptors (Lipinski definition) is 2. The maximum atomic E-state index is 12.2. The largest absolute Gasteiger partial charge is 0.327 e. The quantitative estimate of drug-likeness (QED) is 0.828. The summed E-state index contributed by atoms with van der Waals surface area (Å²) in [6.07, 6.45) is 4.19. The summed E-state index contributed by atoms with van der Waals surface area (Å²) in [5.41, 5.74) is 1.40. The summed E-state index contributed by atoms with van der Waals surface area (Å²) in [5, 5.41) is 9.04. The number of nitriles is 1. The highest BCUT2D eigenvalue weighted by Gasteiger charge is 2.28. The van der Waals surface area contributed by atoms with Crippen molar-refractivity contribution < 1.29 is 4.79 Å². The molecule has 2 rings (SSSR count). The molecule has 112 valence electrons. The van der Waals surface area contributed by atoms with Gasteiger partial charge in [0.1, 0.15) is 6.04 Å². The molecule has 1 unspecified atom stereocenters. The molecule has 0 N–H and O–H groups in total. The first-order chi connectivity index (χ1) is 10.0. The van der Waals surface area contributed by atoms with Crippen LogP contribution in [0, 0.1) is 11.3 Å². The smallest absolute Gasteiger partial charge is 0.223 e. The Hall–Kier alpha value is -1.82. The minimum atomic E-state index is -0.195. The first kappa shape index (κ1) is 15.6. The van der Waals surface area contributed by atoms with Crippen LogP contribution in [-0.4, -0.2) is 23.4 Å². The van der Waals surface area contributed by atoms with E-state index in [9.17, 15) is 4.79 Å². The van der Waals surface area contributed by atoms with Crippen LogP contribution in [0.5, 0.6) is 0 Å². The average Bonchev–Trinajstić information content (AvgIpc) is 2.96. The van der Waals surface area contributed by atoms with E-state index >= 15 is 0 Å². The summed E-state index contributed by atoms with van der Waals surface area (Å²) in [5.74, 6) is 0.142. The van der Waals surface area contributed by atoms with Crippen molar-refractivity contribution in [2.75, 3.05) is 6.54 Å². The standard InChI is InChI=1S/C18H24N2O/c1-18(2,15-8-4-3-5-9-15)12-6-11-17(21)20-13-7-10-16(20)14-19/h3-5,8-9,16H,6-7,10-13H2,1-2H3. The van der Waals surface area contributed by atoms with Crippen molar-refractivity contribution in [3.8, 4) is 6.07 Å². The first-order valence-corrected chi connectivity index (χ1v) is 7.79. The van der Waals surface area contributed by atoms with E-state index < -0.39 is 0 Å². The molecule has 1 aromatic rings. The SMILES string of the molecule is CC(C)(CCCC(=O)N1CCCC1C#N)c1ccccc1. The summed E-state index contributed by atoms with van der Waals surface area (Å²) >= 11 is 0. The third-order valence-electron chi connectivity index (χ3n) is 4.47. The van der Waals surface area contributed by atoms with E-state index in [-0.39, 0.29) is 17.4 Å². The molecule has 0 radical (unpaired) electrons. The molecular weight excluding hydrogens is 260 g/mol. The molecule has 0 saturated carbocycles. The molecule has 3 heteroatoms. The lowest BCUT2D eigenvalue weighted by Gasteiger charge is -2.26. The van der Waals surface area contributed by atoms with E-state index in [4.69, 9.17) is 5.26 Å². The Morgan fingerprint density at radius 2 is 2.10 bits per heavy atom. The molecule has 0 aliphatic carbocycles. The van der Waals surface area contributed by atoms with Gasteiger partial charge >= 0.3 is 0 Å². The Balaban J connectivity index is 1.84. The monoisotopic (exact) mass is 284 g/mol. The van der Waals surface area contributed by atoms with Crippen molar-refractivity contribution in [2.24, 2.45) is 0 Å². The van der Waals surface area contributed by atoms with Gasteiger partial charge in [-0.2, -0.15) is 5.26 Å². The molecule has 1 aliphatic rings. The molecule has 1 amide bonds. The second kappa shape index (κ2) is 6.76. The van der Waals surface area contributed by atoms with Gasteiger partial charge in [-0.05, 0) is 36.7 Å². The molecule has 1 aliphatic heterocycles. The molecule has 1 fully saturated rings. The highest BCUT2D eigenvalue weighted by Crippen LogP contribution is 2.29. The van der Waals surface area contributed by atoms with Crippen molar-refractivity contribution in [1.82, 2.24) is 4.90 Å². The number of nitrogens with zero attached hydrogens (tertiary/aromatic N) is 2. The number of likely N-dealkylation sites (tertiary alicyclic amines) is 1. The van der Waals surface area contributed by atoms with Crippen LogP contribution in [0.4, 0.5) is 0 Å². The highest BCUT2D eigenvalue weighted by molar-refractivity contribution is 5.77. The molecule has 1 heterocycles. The van der Waals surface area contributed by atoms with Crippen molar-refractivity contribution >= 4 is 5.91 Å². The van der Waals surface area contributed by atoms with Crippen molar-refractivity contribution in [3.63, 3.8) is 0 Å². The Morgan fingerprint density at radius 1 is 1.38 bits per heavy atom. The zero-order chi connectivity index (χ0) is 15.3. The fraction of sp³-hybridized carbons (Fsp3) is 0.556. The summed E-state index contributed by atoms with van der Waals surface area (Å²) < 4.78 is 0. The number of rotatable bonds is 5. The zero-order valence-electron chi connectivity index (χ0n) is 13.0. The maximum absolute atomic E-state index is 12.2. The fourth-order valence-electron chi connectivity index (χ4n) is 3.06. The number of benzene rings is 1. The van der Waals surface area contributed by atoms with Crippen molar-refractivity contribution in [2.45, 2.75) is 57.4 Å². The second-order valence-electron chi connectivity index (χ2n) is 6.48. The Kier molecular flexibility index (Phi) is 5.01. The third-order valence-corrected chi connectivity index (χ3v) is 4.47. The van der Waals surface area contributed by atoms with Gasteiger partial charge in [-0.25, -0.2) is 0 Å². The summed E-state index contributed by atoms with van der Waals surface area (Å²) in [6, 6.07) is 12.5. The lowest BCUT2D eigenvalue weighted by molar-refractivity contribution is -0.131. The van der Waals surface area contributed by atoms with E-state index in [2.05, 4.69) is 44.2 Å². The van der Waals surface area contributed by atoms with Crippen LogP contribution >= 0.6 is 0 Å². The molecule has 0 aromatic heterocycles. The van der Waals surface area contributed by atoms with Crippen molar-refractivity contribution in [3.05, 3.63) is 35.9 Å². The van der Waals surface area contributed by atoms with Gasteiger partial charge in [-0.3, -0.25) is 4.79 Å². The summed E-state index contributed by atoms with van der Waals surface area (Å²) in [4.78, 5) is 14.0. The second-order valence-corrected chi connectivity index (χ2v) is 6.48. The average molecular weight is 284 g/mol. The number of carbonyl (C=O) groups is 1. The summed E-state index contributed by atoms with van der Waals surface area (Å²) in [6.45, 7) is 5.20. The van der Waals surface area contributed by atoms with Gasteiger partial charge < -0.3 is 4.90 Å². The van der Waals surface area contributed by atoms with Gasteiger partial charge in [0.05, 0.1) is 6.07 Å². The van der Waals surface area contributed by atoms with Gasteiger partial charge in [0.15, 0.2) is 0 Å². The molecule has 1 saturated heterocycles. The van der Waals surface area contributed by atoms with E-state index in [1.54, 1.807) is 4.90 Å². The number of hydrogen-bond donors (Lipinski definition) is 0. The molecule has 3 nitrogen and oxygen atoms in total. The number of carbonyl (C=O) groups excluding carboxylic acids is 1. The Bertz CT molecular complexity index is 516. The lowest BCUT2D eigenvalue weighted by atomic mass is 9.80. The van der Waals surface area contributed by atoms with E-state index in [0.29, 0.717) is 6.42 Å². The van der Waals surface area contributed by atoms with Crippen LogP contribution in [-0.2, 0) is 10.2 Å². The van der Waals surface area contributed by atoms with Crippen LogP contribution in [0.25, 0.3) is 0 Å². The number of amides is 1. The molecule has 21 heavy (non-hydrogen) atoms. The third kappa shape index (κ3) is 3.85. The predicted octanol–water partition coefficient (Wildman–Crippen LogP) is 3.65. The fourth-order valence-corrected chi connectivity index (χ4v) is 3.06. The van der Waals surface area contributed by atoms with E-state index in [0.717, 1.165) is 32.2 Å². The first-order valence-electron chi connectivity index (χ1n) is 7.79. The van der Waals surface area contributed by atoms with Gasteiger partial charge in [0.2, 0.25) is 5.91 Å². The van der Waals surface area contributed by atoms with Gasteiger partial charge in [0.25, 0.3) is 0 Å². The topological polar surface area (TPSA) is 44.1 Å². The van der Waals surface area contributed by atoms with Crippen LogP contribution in [0.15, 0.2) is 30.3 Å². The van der Waals surface area contributed by atoms with Gasteiger partial charge in [-0.1, -0.05) is 44.2 Å². The Labute approximate surface area is 127 Å². The van der Waals surface area contributed by atoms with Gasteiger partial charge in [0, 0.05) is 13.0 Å². The van der Waals surface area contributed by atoms with Crippen LogP contribution < -0.4 is 0 Å². The van der Waals surface area contributed by atoms with Crippen molar-refractivity contribution in [1.29, 1.82) is 5.26 Å². The molecule has 0 bridgehead atoms. The maximum Gasteiger partial charge on any atom is 0.223 e. The highest BCUT2D eigenvalue weighted by atomic mass is 16.2. The molecule has 1 atom stereocenters. The van der Waals surface area contributed by atoms with Crippen LogP contribution in [0.2, 0.25) is 0 Å². The summed E-state index contributed by atoms with van der Waals surface area (Å²) in [7, 11) is 0. The Morgan fingerprint density at radius 3 is 2.76 bits per heavy atom. The minimum Gasteiger partial charge on any atom is -0.327 e. The molecule has 1 aromatic carbocycles. The van der Waals surface area contributed by atoms with E-state index in [1.807, 2.05) is 6.07 Å². The predicted molar refractivity (Wildman–Crippen MR) is 83.7 cm³/mol. The lowest BCUT2D eigenvalue weighted by Crippen LogP contribution is -2.34. The minimum absolute atomic E-state index is 0.0845. The van der Waals surface area contributed by atoms with Crippen LogP contribution in [0.3, 0.4) is 0 Å². The van der Waals surface area contributed by atoms with E-state index in [1.165, 1.54) is 5.56 Å². The normalized spacial score (nSPS) is 18.5. The van der Waals surface area contributed by atoms with Crippen LogP contribution in [0.1, 0.15) is 51.5 Å². The zero-order valence-corrected chi connectivity index (χ0v) is 13.0. The molecule has 0 spiro atoms. The molecular formula is C18H24N2O. The van der Waals surface area contributed by atoms with Gasteiger partial charge in [-0.15, -0.1) is 0 Å².